The number of hydrogen-bond acceptors (Lipinski definition) is 2. The van der Waals surface area contributed by atoms with E-state index in [2.05, 4.69) is 0 Å². The standard InChI is InChI=1S/C3H7NO2.K.H/c1-2(4)3(5)6;;/h2H,4H2,1H3,(H,5,6);;/q;+1;-1. The Labute approximate surface area is 86.2 Å². The van der Waals surface area contributed by atoms with E-state index in [4.69, 9.17) is 10.8 Å². The molecule has 0 spiro atoms. The van der Waals surface area contributed by atoms with Crippen molar-refractivity contribution in [3.8, 4) is 0 Å². The van der Waals surface area contributed by atoms with Gasteiger partial charge in [-0.15, -0.1) is 0 Å². The first-order valence-corrected chi connectivity index (χ1v) is 1.63. The molecule has 0 rings (SSSR count). The molecule has 0 radical (unpaired) electrons. The maximum absolute atomic E-state index is 9.57. The van der Waals surface area contributed by atoms with Gasteiger partial charge >= 0.3 is 57.4 Å². The molecule has 7 heavy (non-hydrogen) atoms. The van der Waals surface area contributed by atoms with Crippen molar-refractivity contribution >= 4 is 5.97 Å². The zero-order chi connectivity index (χ0) is 5.15. The number of nitrogens with two attached hydrogens (primary N) is 1. The Kier molecular flexibility index (Phi) is 8.14. The van der Waals surface area contributed by atoms with Crippen LogP contribution in [0.4, 0.5) is 0 Å². The van der Waals surface area contributed by atoms with Gasteiger partial charge in [0.15, 0.2) is 0 Å². The van der Waals surface area contributed by atoms with Gasteiger partial charge in [-0.25, -0.2) is 0 Å². The molecule has 0 aromatic rings. The molecule has 0 aliphatic rings. The van der Waals surface area contributed by atoms with Gasteiger partial charge in [0.25, 0.3) is 0 Å². The zero-order valence-corrected chi connectivity index (χ0v) is 7.63. The molecule has 0 fully saturated rings. The second-order valence-corrected chi connectivity index (χ2v) is 1.13. The summed E-state index contributed by atoms with van der Waals surface area (Å²) >= 11 is 0. The van der Waals surface area contributed by atoms with Gasteiger partial charge in [0.1, 0.15) is 6.04 Å². The minimum absolute atomic E-state index is 0. The molecule has 0 saturated heterocycles. The number of hydrogen-bond donors (Lipinski definition) is 2. The van der Waals surface area contributed by atoms with Crippen molar-refractivity contribution in [1.82, 2.24) is 0 Å². The summed E-state index contributed by atoms with van der Waals surface area (Å²) in [6.45, 7) is 1.42. The van der Waals surface area contributed by atoms with Gasteiger partial charge in [-0.05, 0) is 6.92 Å². The molecule has 0 bridgehead atoms. The van der Waals surface area contributed by atoms with Gasteiger partial charge in [0, 0.05) is 0 Å². The van der Waals surface area contributed by atoms with Gasteiger partial charge in [-0.2, -0.15) is 0 Å². The first kappa shape index (κ1) is 10.9. The fraction of sp³-hybridized carbons (Fsp3) is 0.667. The molecule has 1 unspecified atom stereocenters. The van der Waals surface area contributed by atoms with E-state index in [1.54, 1.807) is 0 Å². The van der Waals surface area contributed by atoms with Crippen LogP contribution < -0.4 is 57.1 Å². The predicted molar refractivity (Wildman–Crippen MR) is 22.4 cm³/mol. The summed E-state index contributed by atoms with van der Waals surface area (Å²) < 4.78 is 0. The van der Waals surface area contributed by atoms with Crippen LogP contribution in [0, 0.1) is 0 Å². The third kappa shape index (κ3) is 7.07. The minimum Gasteiger partial charge on any atom is -1.00 e. The minimum atomic E-state index is -0.963. The molecule has 0 aromatic carbocycles. The Hall–Kier alpha value is 1.07. The van der Waals surface area contributed by atoms with Crippen molar-refractivity contribution in [1.29, 1.82) is 0 Å². The quantitative estimate of drug-likeness (QED) is 0.362. The number of aliphatic carboxylic acids is 1. The predicted octanol–water partition coefficient (Wildman–Crippen LogP) is -3.47. The molecule has 0 saturated carbocycles. The van der Waals surface area contributed by atoms with E-state index in [1.165, 1.54) is 6.92 Å². The molecule has 0 aromatic heterocycles. The van der Waals surface area contributed by atoms with Crippen LogP contribution in [-0.2, 0) is 4.79 Å². The van der Waals surface area contributed by atoms with E-state index in [0.29, 0.717) is 0 Å². The van der Waals surface area contributed by atoms with Crippen molar-refractivity contribution < 1.29 is 62.7 Å². The maximum atomic E-state index is 9.57. The summed E-state index contributed by atoms with van der Waals surface area (Å²) in [5.74, 6) is -0.963. The molecule has 0 amide bonds. The molecular weight excluding hydrogens is 121 g/mol. The van der Waals surface area contributed by atoms with Crippen LogP contribution in [-0.4, -0.2) is 17.1 Å². The molecule has 0 aliphatic heterocycles. The van der Waals surface area contributed by atoms with Crippen molar-refractivity contribution in [2.45, 2.75) is 13.0 Å². The summed E-state index contributed by atoms with van der Waals surface area (Å²) in [4.78, 5) is 9.57. The Balaban J connectivity index is -0.000000125. The summed E-state index contributed by atoms with van der Waals surface area (Å²) in [5.41, 5.74) is 4.84. The summed E-state index contributed by atoms with van der Waals surface area (Å²) in [5, 5.41) is 7.87. The van der Waals surface area contributed by atoms with Crippen LogP contribution in [0.2, 0.25) is 0 Å². The summed E-state index contributed by atoms with van der Waals surface area (Å²) in [6, 6.07) is -0.731. The van der Waals surface area contributed by atoms with Crippen LogP contribution in [0.3, 0.4) is 0 Å². The Morgan fingerprint density at radius 2 is 2.14 bits per heavy atom. The topological polar surface area (TPSA) is 63.3 Å². The van der Waals surface area contributed by atoms with E-state index in [9.17, 15) is 4.79 Å². The van der Waals surface area contributed by atoms with Gasteiger partial charge in [0.2, 0.25) is 0 Å². The van der Waals surface area contributed by atoms with E-state index < -0.39 is 12.0 Å². The van der Waals surface area contributed by atoms with E-state index >= 15 is 0 Å². The molecule has 0 aliphatic carbocycles. The number of carboxylic acid groups (broad SMARTS) is 1. The van der Waals surface area contributed by atoms with Crippen LogP contribution in [0.5, 0.6) is 0 Å². The SMILES string of the molecule is CC(N)C(=O)O.[H-].[K+]. The van der Waals surface area contributed by atoms with Gasteiger partial charge in [-0.3, -0.25) is 4.79 Å². The largest absolute Gasteiger partial charge is 1.00 e. The summed E-state index contributed by atoms with van der Waals surface area (Å²) in [7, 11) is 0. The summed E-state index contributed by atoms with van der Waals surface area (Å²) in [6.07, 6.45) is 0. The van der Waals surface area contributed by atoms with Crippen LogP contribution in [0.25, 0.3) is 0 Å². The van der Waals surface area contributed by atoms with E-state index in [-0.39, 0.29) is 52.8 Å². The smallest absolute Gasteiger partial charge is 1.00 e. The monoisotopic (exact) mass is 129 g/mol. The Morgan fingerprint density at radius 3 is 2.14 bits per heavy atom. The third-order valence-corrected chi connectivity index (χ3v) is 0.390. The number of carbonyl (C=O) groups is 1. The second-order valence-electron chi connectivity index (χ2n) is 1.13. The molecule has 38 valence electrons. The fourth-order valence-corrected chi connectivity index (χ4v) is 0. The van der Waals surface area contributed by atoms with E-state index in [1.807, 2.05) is 0 Å². The fourth-order valence-electron chi connectivity index (χ4n) is 0. The third-order valence-electron chi connectivity index (χ3n) is 0.390. The average Bonchev–Trinajstić information content (AvgIpc) is 1.36. The normalized spacial score (nSPS) is 11.7. The Morgan fingerprint density at radius 1 is 2.00 bits per heavy atom. The van der Waals surface area contributed by atoms with Crippen LogP contribution >= 0.6 is 0 Å². The average molecular weight is 129 g/mol. The Bertz CT molecular complexity index is 68.3. The molecular formula is C3H8KNO2. The molecule has 4 heteroatoms. The first-order valence-electron chi connectivity index (χ1n) is 1.63. The van der Waals surface area contributed by atoms with E-state index in [0.717, 1.165) is 0 Å². The molecule has 0 heterocycles. The van der Waals surface area contributed by atoms with Crippen molar-refractivity contribution in [2.75, 3.05) is 0 Å². The molecule has 3 N–H and O–H groups in total. The zero-order valence-electron chi connectivity index (χ0n) is 5.51. The molecule has 3 nitrogen and oxygen atoms in total. The molecule has 1 atom stereocenters. The van der Waals surface area contributed by atoms with Crippen molar-refractivity contribution in [3.63, 3.8) is 0 Å². The van der Waals surface area contributed by atoms with Crippen molar-refractivity contribution in [3.05, 3.63) is 0 Å². The van der Waals surface area contributed by atoms with Gasteiger partial charge in [0.05, 0.1) is 0 Å². The first-order chi connectivity index (χ1) is 2.64. The van der Waals surface area contributed by atoms with Crippen LogP contribution in [0.1, 0.15) is 8.35 Å². The van der Waals surface area contributed by atoms with Crippen LogP contribution in [0.15, 0.2) is 0 Å². The number of rotatable bonds is 1. The van der Waals surface area contributed by atoms with Gasteiger partial charge in [-0.1, -0.05) is 0 Å². The number of carboxylic acids is 1. The van der Waals surface area contributed by atoms with Crippen molar-refractivity contribution in [2.24, 2.45) is 5.73 Å². The van der Waals surface area contributed by atoms with Gasteiger partial charge < -0.3 is 12.3 Å². The maximum Gasteiger partial charge on any atom is 1.00 e. The second kappa shape index (κ2) is 5.21.